The molecule has 0 amide bonds. The quantitative estimate of drug-likeness (QED) is 0.745. The molecule has 0 saturated heterocycles. The van der Waals surface area contributed by atoms with Gasteiger partial charge in [-0.15, -0.1) is 11.6 Å². The van der Waals surface area contributed by atoms with Crippen LogP contribution >= 0.6 is 11.6 Å². The Balaban J connectivity index is 2.20. The normalized spacial score (nSPS) is 18.4. The minimum atomic E-state index is 0.0474. The van der Waals surface area contributed by atoms with E-state index in [1.807, 2.05) is 18.2 Å². The van der Waals surface area contributed by atoms with E-state index in [0.29, 0.717) is 5.92 Å². The highest BCUT2D eigenvalue weighted by molar-refractivity contribution is 6.21. The van der Waals surface area contributed by atoms with Crippen LogP contribution in [0.2, 0.25) is 0 Å². The summed E-state index contributed by atoms with van der Waals surface area (Å²) in [7, 11) is 3.34. The summed E-state index contributed by atoms with van der Waals surface area (Å²) < 4.78 is 10.6. The Labute approximate surface area is 114 Å². The van der Waals surface area contributed by atoms with Gasteiger partial charge in [0.05, 0.1) is 19.6 Å². The van der Waals surface area contributed by atoms with Gasteiger partial charge in [-0.1, -0.05) is 25.3 Å². The van der Waals surface area contributed by atoms with Gasteiger partial charge in [0.2, 0.25) is 0 Å². The molecule has 1 saturated carbocycles. The predicted octanol–water partition coefficient (Wildman–Crippen LogP) is 4.56. The van der Waals surface area contributed by atoms with Crippen LogP contribution in [-0.4, -0.2) is 14.2 Å². The van der Waals surface area contributed by atoms with Crippen LogP contribution in [0.3, 0.4) is 0 Å². The summed E-state index contributed by atoms with van der Waals surface area (Å²) in [5, 5.41) is 0.0474. The highest BCUT2D eigenvalue weighted by Crippen LogP contribution is 2.42. The summed E-state index contributed by atoms with van der Waals surface area (Å²) >= 11 is 6.64. The number of hydrogen-bond donors (Lipinski definition) is 0. The SMILES string of the molecule is COc1ccc(C(Cl)C2CCCCC2)c(OC)c1. The van der Waals surface area contributed by atoms with E-state index in [1.54, 1.807) is 14.2 Å². The lowest BCUT2D eigenvalue weighted by Crippen LogP contribution is -2.13. The van der Waals surface area contributed by atoms with Crippen molar-refractivity contribution in [3.05, 3.63) is 23.8 Å². The van der Waals surface area contributed by atoms with Gasteiger partial charge in [0.15, 0.2) is 0 Å². The second kappa shape index (κ2) is 6.33. The topological polar surface area (TPSA) is 18.5 Å². The molecule has 3 heteroatoms. The molecular formula is C15H21ClO2. The second-order valence-corrected chi connectivity index (χ2v) is 5.38. The molecule has 2 rings (SSSR count). The van der Waals surface area contributed by atoms with E-state index in [-0.39, 0.29) is 5.38 Å². The molecule has 18 heavy (non-hydrogen) atoms. The number of rotatable bonds is 4. The van der Waals surface area contributed by atoms with E-state index in [9.17, 15) is 0 Å². The van der Waals surface area contributed by atoms with Gasteiger partial charge in [-0.25, -0.2) is 0 Å². The maximum atomic E-state index is 6.64. The zero-order valence-corrected chi connectivity index (χ0v) is 11.9. The van der Waals surface area contributed by atoms with Gasteiger partial charge in [0.1, 0.15) is 11.5 Å². The molecule has 0 heterocycles. The van der Waals surface area contributed by atoms with Crippen LogP contribution in [0.15, 0.2) is 18.2 Å². The van der Waals surface area contributed by atoms with E-state index in [2.05, 4.69) is 0 Å². The molecule has 1 aliphatic rings. The van der Waals surface area contributed by atoms with Crippen molar-refractivity contribution in [2.75, 3.05) is 14.2 Å². The third-order valence-electron chi connectivity index (χ3n) is 3.80. The first-order chi connectivity index (χ1) is 8.76. The number of methoxy groups -OCH3 is 2. The van der Waals surface area contributed by atoms with Crippen molar-refractivity contribution < 1.29 is 9.47 Å². The largest absolute Gasteiger partial charge is 0.497 e. The molecule has 0 bridgehead atoms. The molecule has 1 unspecified atom stereocenters. The number of halogens is 1. The maximum Gasteiger partial charge on any atom is 0.127 e. The van der Waals surface area contributed by atoms with Gasteiger partial charge >= 0.3 is 0 Å². The van der Waals surface area contributed by atoms with Crippen LogP contribution in [0, 0.1) is 5.92 Å². The third-order valence-corrected chi connectivity index (χ3v) is 4.39. The first-order valence-corrected chi connectivity index (χ1v) is 7.06. The molecule has 0 spiro atoms. The Hall–Kier alpha value is -0.890. The lowest BCUT2D eigenvalue weighted by molar-refractivity contribution is 0.339. The molecule has 0 aliphatic heterocycles. The first-order valence-electron chi connectivity index (χ1n) is 6.62. The average molecular weight is 269 g/mol. The maximum absolute atomic E-state index is 6.64. The average Bonchev–Trinajstić information content (AvgIpc) is 2.46. The van der Waals surface area contributed by atoms with E-state index >= 15 is 0 Å². The van der Waals surface area contributed by atoms with Crippen molar-refractivity contribution >= 4 is 11.6 Å². The van der Waals surface area contributed by atoms with Gasteiger partial charge in [0, 0.05) is 11.6 Å². The summed E-state index contributed by atoms with van der Waals surface area (Å²) in [4.78, 5) is 0. The minimum Gasteiger partial charge on any atom is -0.497 e. The van der Waals surface area contributed by atoms with E-state index in [4.69, 9.17) is 21.1 Å². The van der Waals surface area contributed by atoms with Crippen LogP contribution < -0.4 is 9.47 Å². The van der Waals surface area contributed by atoms with Gasteiger partial charge in [-0.2, -0.15) is 0 Å². The van der Waals surface area contributed by atoms with Gasteiger partial charge < -0.3 is 9.47 Å². The van der Waals surface area contributed by atoms with Crippen molar-refractivity contribution in [3.63, 3.8) is 0 Å². The Morgan fingerprint density at radius 3 is 2.44 bits per heavy atom. The zero-order chi connectivity index (χ0) is 13.0. The molecule has 0 aromatic heterocycles. The summed E-state index contributed by atoms with van der Waals surface area (Å²) in [6.07, 6.45) is 6.39. The summed E-state index contributed by atoms with van der Waals surface area (Å²) in [6, 6.07) is 5.90. The van der Waals surface area contributed by atoms with Crippen LogP contribution in [0.1, 0.15) is 43.0 Å². The fourth-order valence-corrected chi connectivity index (χ4v) is 3.16. The van der Waals surface area contributed by atoms with Gasteiger partial charge in [-0.05, 0) is 24.8 Å². The Morgan fingerprint density at radius 2 is 1.83 bits per heavy atom. The Morgan fingerprint density at radius 1 is 1.11 bits per heavy atom. The van der Waals surface area contributed by atoms with Crippen LogP contribution in [0.5, 0.6) is 11.5 Å². The third kappa shape index (κ3) is 2.92. The first kappa shape index (κ1) is 13.5. The monoisotopic (exact) mass is 268 g/mol. The van der Waals surface area contributed by atoms with Crippen molar-refractivity contribution in [3.8, 4) is 11.5 Å². The molecule has 1 fully saturated rings. The van der Waals surface area contributed by atoms with Gasteiger partial charge in [-0.3, -0.25) is 0 Å². The fourth-order valence-electron chi connectivity index (χ4n) is 2.73. The highest BCUT2D eigenvalue weighted by atomic mass is 35.5. The molecule has 100 valence electrons. The van der Waals surface area contributed by atoms with Crippen molar-refractivity contribution in [2.45, 2.75) is 37.5 Å². The molecule has 0 radical (unpaired) electrons. The van der Waals surface area contributed by atoms with Crippen molar-refractivity contribution in [1.29, 1.82) is 0 Å². The molecular weight excluding hydrogens is 248 g/mol. The molecule has 1 aromatic rings. The second-order valence-electron chi connectivity index (χ2n) is 4.91. The number of benzene rings is 1. The van der Waals surface area contributed by atoms with Crippen LogP contribution in [-0.2, 0) is 0 Å². The predicted molar refractivity (Wildman–Crippen MR) is 74.7 cm³/mol. The van der Waals surface area contributed by atoms with Gasteiger partial charge in [0.25, 0.3) is 0 Å². The number of ether oxygens (including phenoxy) is 2. The van der Waals surface area contributed by atoms with Crippen molar-refractivity contribution in [2.24, 2.45) is 5.92 Å². The van der Waals surface area contributed by atoms with Crippen LogP contribution in [0.4, 0.5) is 0 Å². The summed E-state index contributed by atoms with van der Waals surface area (Å²) in [5.74, 6) is 2.21. The molecule has 1 aliphatic carbocycles. The summed E-state index contributed by atoms with van der Waals surface area (Å²) in [6.45, 7) is 0. The molecule has 0 N–H and O–H groups in total. The van der Waals surface area contributed by atoms with Crippen molar-refractivity contribution in [1.82, 2.24) is 0 Å². The molecule has 1 atom stereocenters. The lowest BCUT2D eigenvalue weighted by Gasteiger charge is -2.27. The number of alkyl halides is 1. The van der Waals surface area contributed by atoms with Crippen LogP contribution in [0.25, 0.3) is 0 Å². The Kier molecular flexibility index (Phi) is 4.76. The summed E-state index contributed by atoms with van der Waals surface area (Å²) in [5.41, 5.74) is 1.09. The molecule has 2 nitrogen and oxygen atoms in total. The lowest BCUT2D eigenvalue weighted by atomic mass is 9.84. The zero-order valence-electron chi connectivity index (χ0n) is 11.1. The van der Waals surface area contributed by atoms with E-state index < -0.39 is 0 Å². The fraction of sp³-hybridized carbons (Fsp3) is 0.600. The van der Waals surface area contributed by atoms with E-state index in [0.717, 1.165) is 17.1 Å². The smallest absolute Gasteiger partial charge is 0.127 e. The highest BCUT2D eigenvalue weighted by Gasteiger charge is 2.25. The minimum absolute atomic E-state index is 0.0474. The standard InChI is InChI=1S/C15H21ClO2/c1-17-12-8-9-13(14(10-12)18-2)15(16)11-6-4-3-5-7-11/h8-11,15H,3-7H2,1-2H3. The van der Waals surface area contributed by atoms with E-state index in [1.165, 1.54) is 32.1 Å². The molecule has 1 aromatic carbocycles. The Bertz CT molecular complexity index is 386. The number of hydrogen-bond acceptors (Lipinski definition) is 2.